The molecule has 146 valence electrons. The van der Waals surface area contributed by atoms with E-state index in [-0.39, 0.29) is 23.1 Å². The molecular formula is C20H19ClN2O4S. The minimum atomic E-state index is -3.52. The minimum absolute atomic E-state index is 0.0137. The molecule has 1 aromatic heterocycles. The normalized spacial score (nSPS) is 11.4. The number of carbonyl (C=O) groups excluding carboxylic acids is 1. The van der Waals surface area contributed by atoms with Gasteiger partial charge in [0.25, 0.3) is 5.91 Å². The van der Waals surface area contributed by atoms with E-state index in [1.807, 2.05) is 0 Å². The number of benzene rings is 2. The molecule has 0 fully saturated rings. The van der Waals surface area contributed by atoms with Gasteiger partial charge in [-0.25, -0.2) is 8.42 Å². The Kier molecular flexibility index (Phi) is 5.86. The summed E-state index contributed by atoms with van der Waals surface area (Å²) in [5.74, 6) is -0.0137. The number of ether oxygens (including phenoxy) is 1. The van der Waals surface area contributed by atoms with E-state index in [1.165, 1.54) is 19.2 Å². The molecule has 0 unspecified atom stereocenters. The molecule has 0 bridgehead atoms. The first-order valence-electron chi connectivity index (χ1n) is 8.52. The zero-order valence-electron chi connectivity index (χ0n) is 15.4. The summed E-state index contributed by atoms with van der Waals surface area (Å²) in [5.41, 5.74) is 1.68. The number of nitrogens with one attached hydrogen (secondary N) is 1. The first-order valence-corrected chi connectivity index (χ1v) is 10.5. The van der Waals surface area contributed by atoms with Crippen LogP contribution in [0.3, 0.4) is 0 Å². The molecule has 0 saturated heterocycles. The van der Waals surface area contributed by atoms with Crippen molar-refractivity contribution in [2.45, 2.75) is 11.8 Å². The maximum atomic E-state index is 12.5. The molecule has 0 atom stereocenters. The van der Waals surface area contributed by atoms with Gasteiger partial charge >= 0.3 is 0 Å². The number of carbonyl (C=O) groups is 1. The summed E-state index contributed by atoms with van der Waals surface area (Å²) in [4.78, 5) is 17.1. The lowest BCUT2D eigenvalue weighted by molar-refractivity contribution is 0.0955. The van der Waals surface area contributed by atoms with Gasteiger partial charge in [0.15, 0.2) is 9.84 Å². The highest BCUT2D eigenvalue weighted by Crippen LogP contribution is 2.21. The first-order chi connectivity index (χ1) is 13.3. The van der Waals surface area contributed by atoms with E-state index in [0.29, 0.717) is 22.0 Å². The highest BCUT2D eigenvalue weighted by Gasteiger charge is 2.16. The summed E-state index contributed by atoms with van der Waals surface area (Å²) in [6.07, 6.45) is 0. The van der Waals surface area contributed by atoms with Gasteiger partial charge in [-0.15, -0.1) is 0 Å². The van der Waals surface area contributed by atoms with Crippen LogP contribution in [0.1, 0.15) is 16.1 Å². The van der Waals surface area contributed by atoms with Crippen LogP contribution in [0.4, 0.5) is 0 Å². The molecular weight excluding hydrogens is 400 g/mol. The van der Waals surface area contributed by atoms with E-state index in [4.69, 9.17) is 16.3 Å². The van der Waals surface area contributed by atoms with Gasteiger partial charge in [0.05, 0.1) is 34.5 Å². The van der Waals surface area contributed by atoms with Gasteiger partial charge in [-0.2, -0.15) is 0 Å². The standard InChI is InChI=1S/C20H19ClN2O4S/c1-13-18(12-14-11-15(21)3-8-19(14)23-13)20(24)22-9-10-28(25,26)17-6-4-16(27-2)5-7-17/h3-8,11-12H,9-10H2,1-2H3,(H,22,24). The van der Waals surface area contributed by atoms with Gasteiger partial charge in [-0.1, -0.05) is 11.6 Å². The second-order valence-corrected chi connectivity index (χ2v) is 8.75. The average Bonchev–Trinajstić information content (AvgIpc) is 2.67. The number of hydrogen-bond donors (Lipinski definition) is 1. The summed E-state index contributed by atoms with van der Waals surface area (Å²) in [7, 11) is -2.01. The first kappa shape index (κ1) is 20.1. The van der Waals surface area contributed by atoms with Crippen molar-refractivity contribution < 1.29 is 17.9 Å². The van der Waals surface area contributed by atoms with Crippen molar-refractivity contribution in [3.05, 3.63) is 64.8 Å². The largest absolute Gasteiger partial charge is 0.497 e. The van der Waals surface area contributed by atoms with E-state index >= 15 is 0 Å². The number of rotatable bonds is 6. The Morgan fingerprint density at radius 3 is 2.54 bits per heavy atom. The molecule has 1 amide bonds. The smallest absolute Gasteiger partial charge is 0.253 e. The zero-order valence-corrected chi connectivity index (χ0v) is 17.0. The van der Waals surface area contributed by atoms with Crippen LogP contribution in [-0.2, 0) is 9.84 Å². The van der Waals surface area contributed by atoms with Crippen molar-refractivity contribution in [1.82, 2.24) is 10.3 Å². The molecule has 0 saturated carbocycles. The summed E-state index contributed by atoms with van der Waals surface area (Å²) in [6, 6.07) is 13.1. The fourth-order valence-corrected chi connectivity index (χ4v) is 4.11. The van der Waals surface area contributed by atoms with E-state index < -0.39 is 9.84 Å². The molecule has 0 radical (unpaired) electrons. The van der Waals surface area contributed by atoms with Gasteiger partial charge in [-0.05, 0) is 55.5 Å². The van der Waals surface area contributed by atoms with Crippen LogP contribution in [0, 0.1) is 6.92 Å². The predicted octanol–water partition coefficient (Wildman–Crippen LogP) is 3.41. The number of amides is 1. The molecule has 0 aliphatic heterocycles. The van der Waals surface area contributed by atoms with Crippen LogP contribution >= 0.6 is 11.6 Å². The fourth-order valence-electron chi connectivity index (χ4n) is 2.77. The molecule has 0 aliphatic carbocycles. The lowest BCUT2D eigenvalue weighted by Crippen LogP contribution is -2.29. The van der Waals surface area contributed by atoms with Crippen molar-refractivity contribution in [2.75, 3.05) is 19.4 Å². The van der Waals surface area contributed by atoms with Crippen molar-refractivity contribution in [2.24, 2.45) is 0 Å². The zero-order chi connectivity index (χ0) is 20.3. The Balaban J connectivity index is 1.69. The SMILES string of the molecule is COc1ccc(S(=O)(=O)CCNC(=O)c2cc3cc(Cl)ccc3nc2C)cc1. The number of aryl methyl sites for hydroxylation is 1. The monoisotopic (exact) mass is 418 g/mol. The van der Waals surface area contributed by atoms with E-state index in [2.05, 4.69) is 10.3 Å². The van der Waals surface area contributed by atoms with Crippen LogP contribution < -0.4 is 10.1 Å². The van der Waals surface area contributed by atoms with Crippen LogP contribution in [0.2, 0.25) is 5.02 Å². The lowest BCUT2D eigenvalue weighted by atomic mass is 10.1. The highest BCUT2D eigenvalue weighted by molar-refractivity contribution is 7.91. The van der Waals surface area contributed by atoms with Gasteiger partial charge in [-0.3, -0.25) is 9.78 Å². The molecule has 1 heterocycles. The molecule has 0 aliphatic rings. The number of methoxy groups -OCH3 is 1. The van der Waals surface area contributed by atoms with Gasteiger partial charge in [0.2, 0.25) is 0 Å². The van der Waals surface area contributed by atoms with E-state index in [9.17, 15) is 13.2 Å². The number of aromatic nitrogens is 1. The number of hydrogen-bond acceptors (Lipinski definition) is 5. The van der Waals surface area contributed by atoms with Crippen molar-refractivity contribution in [1.29, 1.82) is 0 Å². The number of sulfone groups is 1. The quantitative estimate of drug-likeness (QED) is 0.663. The molecule has 1 N–H and O–H groups in total. The summed E-state index contributed by atoms with van der Waals surface area (Å²) in [6.45, 7) is 1.72. The second kappa shape index (κ2) is 8.16. The number of fused-ring (bicyclic) bond motifs is 1. The summed E-state index contributed by atoms with van der Waals surface area (Å²) >= 11 is 6.00. The maximum absolute atomic E-state index is 12.5. The molecule has 0 spiro atoms. The van der Waals surface area contributed by atoms with Crippen molar-refractivity contribution in [3.8, 4) is 5.75 Å². The van der Waals surface area contributed by atoms with Gasteiger partial charge < -0.3 is 10.1 Å². The third-order valence-electron chi connectivity index (χ3n) is 4.29. The topological polar surface area (TPSA) is 85.4 Å². The minimum Gasteiger partial charge on any atom is -0.497 e. The molecule has 2 aromatic carbocycles. The molecule has 28 heavy (non-hydrogen) atoms. The summed E-state index contributed by atoms with van der Waals surface area (Å²) in [5, 5.41) is 3.95. The average molecular weight is 419 g/mol. The Bertz CT molecular complexity index is 1130. The van der Waals surface area contributed by atoms with Gasteiger partial charge in [0, 0.05) is 17.0 Å². The fraction of sp³-hybridized carbons (Fsp3) is 0.200. The third-order valence-corrected chi connectivity index (χ3v) is 6.25. The summed E-state index contributed by atoms with van der Waals surface area (Å²) < 4.78 is 29.8. The second-order valence-electron chi connectivity index (χ2n) is 6.21. The number of pyridine rings is 1. The van der Waals surface area contributed by atoms with E-state index in [1.54, 1.807) is 43.3 Å². The highest BCUT2D eigenvalue weighted by atomic mass is 35.5. The Morgan fingerprint density at radius 1 is 1.14 bits per heavy atom. The maximum Gasteiger partial charge on any atom is 0.253 e. The third kappa shape index (κ3) is 4.43. The van der Waals surface area contributed by atoms with Crippen LogP contribution in [-0.4, -0.2) is 38.7 Å². The lowest BCUT2D eigenvalue weighted by Gasteiger charge is -2.10. The molecule has 8 heteroatoms. The molecule has 3 rings (SSSR count). The van der Waals surface area contributed by atoms with Crippen LogP contribution in [0.25, 0.3) is 10.9 Å². The molecule has 3 aromatic rings. The van der Waals surface area contributed by atoms with Gasteiger partial charge in [0.1, 0.15) is 5.75 Å². The Labute approximate surface area is 168 Å². The van der Waals surface area contributed by atoms with Crippen LogP contribution in [0.5, 0.6) is 5.75 Å². The Hall–Kier alpha value is -2.64. The number of nitrogens with zero attached hydrogens (tertiary/aromatic N) is 1. The van der Waals surface area contributed by atoms with E-state index in [0.717, 1.165) is 10.9 Å². The van der Waals surface area contributed by atoms with Crippen LogP contribution in [0.15, 0.2) is 53.4 Å². The predicted molar refractivity (Wildman–Crippen MR) is 109 cm³/mol. The van der Waals surface area contributed by atoms with Crippen molar-refractivity contribution in [3.63, 3.8) is 0 Å². The Morgan fingerprint density at radius 2 is 1.86 bits per heavy atom. The number of halogens is 1. The van der Waals surface area contributed by atoms with Crippen molar-refractivity contribution >= 4 is 38.2 Å². The molecule has 6 nitrogen and oxygen atoms in total.